The van der Waals surface area contributed by atoms with E-state index < -0.39 is 44.7 Å². The van der Waals surface area contributed by atoms with Crippen molar-refractivity contribution in [3.05, 3.63) is 44.0 Å². The van der Waals surface area contributed by atoms with Crippen molar-refractivity contribution in [1.82, 2.24) is 5.32 Å². The molecule has 0 bridgehead atoms. The molecule has 1 rings (SSSR count). The summed E-state index contributed by atoms with van der Waals surface area (Å²) >= 11 is 0. The Balaban J connectivity index is 3.33. The number of hydrogen-bond donors (Lipinski definition) is 2. The van der Waals surface area contributed by atoms with Crippen molar-refractivity contribution in [2.45, 2.75) is 13.0 Å². The molecule has 0 spiro atoms. The number of carboxylic acids is 1. The SMILES string of the molecule is C[C@H](NC(=O)c1c([N+](=O)[O-])cccc1[N+](=O)[O-])C(=O)O. The van der Waals surface area contributed by atoms with E-state index in [1.165, 1.54) is 0 Å². The lowest BCUT2D eigenvalue weighted by Gasteiger charge is -2.09. The summed E-state index contributed by atoms with van der Waals surface area (Å²) < 4.78 is 0. The van der Waals surface area contributed by atoms with Gasteiger partial charge in [-0.1, -0.05) is 0 Å². The zero-order valence-corrected chi connectivity index (χ0v) is 10.1. The lowest BCUT2D eigenvalue weighted by Crippen LogP contribution is -2.38. The Morgan fingerprint density at radius 2 is 1.65 bits per heavy atom. The van der Waals surface area contributed by atoms with Crippen molar-refractivity contribution in [2.75, 3.05) is 0 Å². The van der Waals surface area contributed by atoms with Crippen molar-refractivity contribution in [3.8, 4) is 0 Å². The molecule has 10 heteroatoms. The first-order valence-corrected chi connectivity index (χ1v) is 5.21. The van der Waals surface area contributed by atoms with Crippen LogP contribution in [0.15, 0.2) is 18.2 Å². The van der Waals surface area contributed by atoms with E-state index in [1.54, 1.807) is 0 Å². The highest BCUT2D eigenvalue weighted by Gasteiger charge is 2.31. The van der Waals surface area contributed by atoms with E-state index in [9.17, 15) is 29.8 Å². The topological polar surface area (TPSA) is 153 Å². The molecule has 0 aromatic heterocycles. The maximum atomic E-state index is 11.8. The molecule has 0 aliphatic heterocycles. The monoisotopic (exact) mass is 283 g/mol. The van der Waals surface area contributed by atoms with Gasteiger partial charge < -0.3 is 10.4 Å². The van der Waals surface area contributed by atoms with Gasteiger partial charge in [0.25, 0.3) is 17.3 Å². The second kappa shape index (κ2) is 5.73. The fraction of sp³-hybridized carbons (Fsp3) is 0.200. The van der Waals surface area contributed by atoms with Crippen LogP contribution in [0.3, 0.4) is 0 Å². The van der Waals surface area contributed by atoms with Crippen LogP contribution in [0.2, 0.25) is 0 Å². The number of aliphatic carboxylic acids is 1. The molecule has 20 heavy (non-hydrogen) atoms. The van der Waals surface area contributed by atoms with Gasteiger partial charge in [0.15, 0.2) is 5.56 Å². The van der Waals surface area contributed by atoms with E-state index in [2.05, 4.69) is 0 Å². The highest BCUT2D eigenvalue weighted by atomic mass is 16.6. The van der Waals surface area contributed by atoms with Gasteiger partial charge in [-0.15, -0.1) is 0 Å². The molecule has 106 valence electrons. The van der Waals surface area contributed by atoms with E-state index in [-0.39, 0.29) is 0 Å². The molecule has 1 amide bonds. The van der Waals surface area contributed by atoms with Crippen LogP contribution in [0.4, 0.5) is 11.4 Å². The fourth-order valence-corrected chi connectivity index (χ4v) is 1.40. The number of nitro benzene ring substituents is 2. The lowest BCUT2D eigenvalue weighted by atomic mass is 10.1. The molecule has 10 nitrogen and oxygen atoms in total. The number of benzene rings is 1. The zero-order valence-electron chi connectivity index (χ0n) is 10.1. The van der Waals surface area contributed by atoms with Crippen molar-refractivity contribution >= 4 is 23.3 Å². The van der Waals surface area contributed by atoms with Gasteiger partial charge in [0.05, 0.1) is 9.85 Å². The molecule has 0 unspecified atom stereocenters. The molecular weight excluding hydrogens is 274 g/mol. The second-order valence-corrected chi connectivity index (χ2v) is 3.72. The van der Waals surface area contributed by atoms with Gasteiger partial charge in [0, 0.05) is 12.1 Å². The van der Waals surface area contributed by atoms with Crippen LogP contribution in [-0.4, -0.2) is 32.9 Å². The Morgan fingerprint density at radius 3 is 2.00 bits per heavy atom. The van der Waals surface area contributed by atoms with Crippen molar-refractivity contribution in [2.24, 2.45) is 0 Å². The highest BCUT2D eigenvalue weighted by Crippen LogP contribution is 2.27. The van der Waals surface area contributed by atoms with Crippen LogP contribution >= 0.6 is 0 Å². The third kappa shape index (κ3) is 3.04. The average molecular weight is 283 g/mol. The predicted octanol–water partition coefficient (Wildman–Crippen LogP) is 0.706. The molecule has 2 N–H and O–H groups in total. The van der Waals surface area contributed by atoms with Gasteiger partial charge in [-0.05, 0) is 13.0 Å². The summed E-state index contributed by atoms with van der Waals surface area (Å²) in [7, 11) is 0. The number of carbonyl (C=O) groups excluding carboxylic acids is 1. The maximum Gasteiger partial charge on any atom is 0.325 e. The summed E-state index contributed by atoms with van der Waals surface area (Å²) in [5.74, 6) is -2.57. The minimum Gasteiger partial charge on any atom is -0.480 e. The smallest absolute Gasteiger partial charge is 0.325 e. The molecule has 1 aromatic rings. The highest BCUT2D eigenvalue weighted by molar-refractivity contribution is 6.03. The van der Waals surface area contributed by atoms with Crippen molar-refractivity contribution in [1.29, 1.82) is 0 Å². The van der Waals surface area contributed by atoms with Crippen LogP contribution in [0.5, 0.6) is 0 Å². The predicted molar refractivity (Wildman–Crippen MR) is 64.3 cm³/mol. The number of carbonyl (C=O) groups is 2. The molecule has 0 aliphatic carbocycles. The third-order valence-corrected chi connectivity index (χ3v) is 2.36. The summed E-state index contributed by atoms with van der Waals surface area (Å²) in [5, 5.41) is 32.2. The Morgan fingerprint density at radius 1 is 1.20 bits per heavy atom. The van der Waals surface area contributed by atoms with E-state index in [1.807, 2.05) is 5.32 Å². The molecule has 1 aromatic carbocycles. The Kier molecular flexibility index (Phi) is 4.31. The number of nitro groups is 2. The number of carboxylic acid groups (broad SMARTS) is 1. The second-order valence-electron chi connectivity index (χ2n) is 3.72. The summed E-state index contributed by atoms with van der Waals surface area (Å²) in [5.41, 5.74) is -2.32. The van der Waals surface area contributed by atoms with Crippen molar-refractivity contribution in [3.63, 3.8) is 0 Å². The molecule has 0 fully saturated rings. The minimum absolute atomic E-state index is 0.769. The molecule has 1 atom stereocenters. The Labute approximate surface area is 111 Å². The maximum absolute atomic E-state index is 11.8. The van der Waals surface area contributed by atoms with Gasteiger partial charge in [-0.2, -0.15) is 0 Å². The molecule has 0 heterocycles. The summed E-state index contributed by atoms with van der Waals surface area (Å²) in [6, 6.07) is 1.57. The lowest BCUT2D eigenvalue weighted by molar-refractivity contribution is -0.394. The quantitative estimate of drug-likeness (QED) is 0.595. The largest absolute Gasteiger partial charge is 0.480 e. The number of hydrogen-bond acceptors (Lipinski definition) is 6. The average Bonchev–Trinajstić information content (AvgIpc) is 2.37. The Hall–Kier alpha value is -3.04. The van der Waals surface area contributed by atoms with Gasteiger partial charge in [-0.3, -0.25) is 29.8 Å². The van der Waals surface area contributed by atoms with Gasteiger partial charge in [0.2, 0.25) is 0 Å². The molecule has 0 saturated carbocycles. The van der Waals surface area contributed by atoms with Crippen LogP contribution in [0, 0.1) is 20.2 Å². The van der Waals surface area contributed by atoms with Crippen LogP contribution < -0.4 is 5.32 Å². The van der Waals surface area contributed by atoms with Crippen LogP contribution in [-0.2, 0) is 4.79 Å². The standard InChI is InChI=1S/C10H9N3O7/c1-5(10(15)16)11-9(14)8-6(12(17)18)3-2-4-7(8)13(19)20/h2-5H,1H3,(H,11,14)(H,15,16)/t5-/m0/s1. The fourth-order valence-electron chi connectivity index (χ4n) is 1.40. The van der Waals surface area contributed by atoms with E-state index >= 15 is 0 Å². The first-order chi connectivity index (χ1) is 9.25. The zero-order chi connectivity index (χ0) is 15.4. The molecule has 0 saturated heterocycles. The van der Waals surface area contributed by atoms with Crippen LogP contribution in [0.1, 0.15) is 17.3 Å². The number of amides is 1. The third-order valence-electron chi connectivity index (χ3n) is 2.36. The van der Waals surface area contributed by atoms with Gasteiger partial charge in [-0.25, -0.2) is 0 Å². The summed E-state index contributed by atoms with van der Waals surface area (Å²) in [6.07, 6.45) is 0. The van der Waals surface area contributed by atoms with E-state index in [0.29, 0.717) is 0 Å². The van der Waals surface area contributed by atoms with Gasteiger partial charge >= 0.3 is 5.97 Å². The number of nitrogens with one attached hydrogen (secondary N) is 1. The van der Waals surface area contributed by atoms with E-state index in [4.69, 9.17) is 5.11 Å². The normalized spacial score (nSPS) is 11.4. The minimum atomic E-state index is -1.38. The summed E-state index contributed by atoms with van der Waals surface area (Å²) in [4.78, 5) is 42.2. The molecule has 0 aliphatic rings. The first kappa shape index (κ1) is 15.0. The first-order valence-electron chi connectivity index (χ1n) is 5.21. The van der Waals surface area contributed by atoms with Gasteiger partial charge in [0.1, 0.15) is 6.04 Å². The molecular formula is C10H9N3O7. The Bertz CT molecular complexity index is 566. The summed E-state index contributed by atoms with van der Waals surface area (Å²) in [6.45, 7) is 1.13. The molecule has 0 radical (unpaired) electrons. The van der Waals surface area contributed by atoms with E-state index in [0.717, 1.165) is 25.1 Å². The number of rotatable bonds is 5. The van der Waals surface area contributed by atoms with Crippen LogP contribution in [0.25, 0.3) is 0 Å². The number of nitrogens with zero attached hydrogens (tertiary/aromatic N) is 2. The van der Waals surface area contributed by atoms with Crippen molar-refractivity contribution < 1.29 is 24.5 Å².